The first-order valence-corrected chi connectivity index (χ1v) is 10.1. The molecule has 0 bridgehead atoms. The first-order chi connectivity index (χ1) is 12.5. The van der Waals surface area contributed by atoms with Crippen LogP contribution in [-0.4, -0.2) is 44.0 Å². The van der Waals surface area contributed by atoms with Crippen molar-refractivity contribution in [2.75, 3.05) is 23.9 Å². The molecule has 2 heterocycles. The Bertz CT molecular complexity index is 882. The van der Waals surface area contributed by atoms with Crippen LogP contribution in [0.3, 0.4) is 0 Å². The first-order valence-electron chi connectivity index (χ1n) is 8.30. The molecule has 1 atom stereocenters. The second-order valence-electron chi connectivity index (χ2n) is 6.17. The number of pyridine rings is 1. The maximum atomic E-state index is 12.3. The van der Waals surface area contributed by atoms with Crippen LogP contribution in [-0.2, 0) is 16.4 Å². The minimum absolute atomic E-state index is 0.121. The van der Waals surface area contributed by atoms with Gasteiger partial charge in [-0.2, -0.15) is 0 Å². The van der Waals surface area contributed by atoms with Crippen LogP contribution >= 0.6 is 0 Å². The number of anilines is 1. The predicted molar refractivity (Wildman–Crippen MR) is 99.1 cm³/mol. The third-order valence-corrected chi connectivity index (χ3v) is 6.01. The molecule has 1 amide bonds. The Morgan fingerprint density at radius 1 is 1.27 bits per heavy atom. The van der Waals surface area contributed by atoms with Gasteiger partial charge in [-0.3, -0.25) is 4.79 Å². The van der Waals surface area contributed by atoms with E-state index in [1.54, 1.807) is 19.2 Å². The molecule has 0 spiro atoms. The van der Waals surface area contributed by atoms with Crippen LogP contribution in [0.1, 0.15) is 22.3 Å². The molecule has 1 aliphatic rings. The summed E-state index contributed by atoms with van der Waals surface area (Å²) < 4.78 is 28.2. The molecule has 0 aliphatic carbocycles. The largest absolute Gasteiger partial charge is 0.496 e. The zero-order chi connectivity index (χ0) is 18.6. The number of nitrogens with one attached hydrogen (secondary N) is 2. The molecule has 1 fully saturated rings. The molecule has 8 heteroatoms. The molecule has 138 valence electrons. The van der Waals surface area contributed by atoms with E-state index >= 15 is 0 Å². The fourth-order valence-corrected chi connectivity index (χ4v) is 4.53. The van der Waals surface area contributed by atoms with Gasteiger partial charge < -0.3 is 15.4 Å². The van der Waals surface area contributed by atoms with Crippen LogP contribution in [0.25, 0.3) is 0 Å². The highest BCUT2D eigenvalue weighted by atomic mass is 32.2. The van der Waals surface area contributed by atoms with Gasteiger partial charge in [0.15, 0.2) is 9.84 Å². The quantitative estimate of drug-likeness (QED) is 0.796. The van der Waals surface area contributed by atoms with Gasteiger partial charge >= 0.3 is 0 Å². The number of hydrogen-bond donors (Lipinski definition) is 2. The highest BCUT2D eigenvalue weighted by Gasteiger charge is 2.27. The summed E-state index contributed by atoms with van der Waals surface area (Å²) in [6.45, 7) is 0.350. The minimum atomic E-state index is -2.94. The molecule has 0 radical (unpaired) electrons. The van der Waals surface area contributed by atoms with E-state index in [0.717, 1.165) is 11.3 Å². The summed E-state index contributed by atoms with van der Waals surface area (Å²) in [5.74, 6) is 1.37. The van der Waals surface area contributed by atoms with Crippen molar-refractivity contribution in [3.8, 4) is 5.75 Å². The van der Waals surface area contributed by atoms with E-state index in [0.29, 0.717) is 24.3 Å². The topological polar surface area (TPSA) is 97.4 Å². The van der Waals surface area contributed by atoms with Crippen LogP contribution in [0, 0.1) is 0 Å². The number of para-hydroxylation sites is 1. The lowest BCUT2D eigenvalue weighted by Crippen LogP contribution is -2.24. The molecular weight excluding hydrogens is 354 g/mol. The molecule has 1 unspecified atom stereocenters. The number of methoxy groups -OCH3 is 1. The lowest BCUT2D eigenvalue weighted by Gasteiger charge is -2.12. The van der Waals surface area contributed by atoms with E-state index in [1.807, 2.05) is 24.3 Å². The molecule has 1 saturated heterocycles. The number of carbonyl (C=O) groups is 1. The van der Waals surface area contributed by atoms with Crippen molar-refractivity contribution >= 4 is 21.6 Å². The molecule has 7 nitrogen and oxygen atoms in total. The van der Waals surface area contributed by atoms with Crippen molar-refractivity contribution in [1.82, 2.24) is 10.3 Å². The van der Waals surface area contributed by atoms with E-state index in [9.17, 15) is 13.2 Å². The Labute approximate surface area is 152 Å². The summed E-state index contributed by atoms with van der Waals surface area (Å²) in [5, 5.41) is 5.93. The van der Waals surface area contributed by atoms with Crippen molar-refractivity contribution in [2.45, 2.75) is 19.0 Å². The number of nitrogens with zero attached hydrogens (tertiary/aromatic N) is 1. The highest BCUT2D eigenvalue weighted by Crippen LogP contribution is 2.18. The normalized spacial score (nSPS) is 18.3. The van der Waals surface area contributed by atoms with Crippen LogP contribution in [0.15, 0.2) is 42.6 Å². The SMILES string of the molecule is COc1ccccc1CNC(=O)c1ccc(NC2CCS(=O)(=O)C2)nc1. The average molecular weight is 375 g/mol. The van der Waals surface area contributed by atoms with Crippen LogP contribution in [0.2, 0.25) is 0 Å². The van der Waals surface area contributed by atoms with Gasteiger partial charge in [-0.1, -0.05) is 18.2 Å². The van der Waals surface area contributed by atoms with E-state index < -0.39 is 9.84 Å². The van der Waals surface area contributed by atoms with Gasteiger partial charge in [0.1, 0.15) is 11.6 Å². The molecule has 1 aliphatic heterocycles. The molecule has 1 aromatic carbocycles. The van der Waals surface area contributed by atoms with Gasteiger partial charge in [-0.05, 0) is 24.6 Å². The van der Waals surface area contributed by atoms with Gasteiger partial charge in [0.25, 0.3) is 5.91 Å². The summed E-state index contributed by atoms with van der Waals surface area (Å²) in [4.78, 5) is 16.5. The Balaban J connectivity index is 1.57. The number of benzene rings is 1. The molecular formula is C18H21N3O4S. The Morgan fingerprint density at radius 2 is 2.08 bits per heavy atom. The lowest BCUT2D eigenvalue weighted by atomic mass is 10.2. The monoisotopic (exact) mass is 375 g/mol. The second-order valence-corrected chi connectivity index (χ2v) is 8.40. The van der Waals surface area contributed by atoms with E-state index in [4.69, 9.17) is 4.74 Å². The maximum Gasteiger partial charge on any atom is 0.253 e. The summed E-state index contributed by atoms with van der Waals surface area (Å²) in [6.07, 6.45) is 2.05. The van der Waals surface area contributed by atoms with Gasteiger partial charge in [0, 0.05) is 24.3 Å². The van der Waals surface area contributed by atoms with E-state index in [-0.39, 0.29) is 23.5 Å². The van der Waals surface area contributed by atoms with E-state index in [2.05, 4.69) is 15.6 Å². The van der Waals surface area contributed by atoms with Gasteiger partial charge in [-0.25, -0.2) is 13.4 Å². The standard InChI is InChI=1S/C18H21N3O4S/c1-25-16-5-3-2-4-13(16)10-20-18(22)14-6-7-17(19-11-14)21-15-8-9-26(23,24)12-15/h2-7,11,15H,8-10,12H2,1H3,(H,19,21)(H,20,22). The number of carbonyl (C=O) groups excluding carboxylic acids is 1. The number of sulfone groups is 1. The summed E-state index contributed by atoms with van der Waals surface area (Å²) in [7, 11) is -1.35. The van der Waals surface area contributed by atoms with Crippen molar-refractivity contribution in [1.29, 1.82) is 0 Å². The van der Waals surface area contributed by atoms with Crippen molar-refractivity contribution in [3.63, 3.8) is 0 Å². The average Bonchev–Trinajstić information content (AvgIpc) is 2.99. The molecule has 26 heavy (non-hydrogen) atoms. The molecule has 1 aromatic heterocycles. The summed E-state index contributed by atoms with van der Waals surface area (Å²) in [6, 6.07) is 10.7. The van der Waals surface area contributed by atoms with Gasteiger partial charge in [0.2, 0.25) is 0 Å². The fraction of sp³-hybridized carbons (Fsp3) is 0.333. The fourth-order valence-electron chi connectivity index (χ4n) is 2.86. The maximum absolute atomic E-state index is 12.3. The lowest BCUT2D eigenvalue weighted by molar-refractivity contribution is 0.0950. The third kappa shape index (κ3) is 4.51. The number of amides is 1. The van der Waals surface area contributed by atoms with Crippen molar-refractivity contribution in [2.24, 2.45) is 0 Å². The number of ether oxygens (including phenoxy) is 1. The van der Waals surface area contributed by atoms with Gasteiger partial charge in [0.05, 0.1) is 24.2 Å². The molecule has 2 aromatic rings. The van der Waals surface area contributed by atoms with Crippen molar-refractivity contribution < 1.29 is 17.9 Å². The second kappa shape index (κ2) is 7.74. The number of hydrogen-bond acceptors (Lipinski definition) is 6. The van der Waals surface area contributed by atoms with Crippen LogP contribution in [0.4, 0.5) is 5.82 Å². The molecule has 2 N–H and O–H groups in total. The Morgan fingerprint density at radius 3 is 2.73 bits per heavy atom. The van der Waals surface area contributed by atoms with Gasteiger partial charge in [-0.15, -0.1) is 0 Å². The zero-order valence-electron chi connectivity index (χ0n) is 14.4. The van der Waals surface area contributed by atoms with Crippen molar-refractivity contribution in [3.05, 3.63) is 53.7 Å². The first kappa shape index (κ1) is 18.2. The van der Waals surface area contributed by atoms with E-state index in [1.165, 1.54) is 6.20 Å². The highest BCUT2D eigenvalue weighted by molar-refractivity contribution is 7.91. The zero-order valence-corrected chi connectivity index (χ0v) is 15.3. The number of rotatable bonds is 6. The predicted octanol–water partition coefficient (Wildman–Crippen LogP) is 1.62. The summed E-state index contributed by atoms with van der Waals surface area (Å²) >= 11 is 0. The molecule has 3 rings (SSSR count). The Hall–Kier alpha value is -2.61. The Kier molecular flexibility index (Phi) is 5.41. The minimum Gasteiger partial charge on any atom is -0.496 e. The molecule has 0 saturated carbocycles. The smallest absolute Gasteiger partial charge is 0.253 e. The summed E-state index contributed by atoms with van der Waals surface area (Å²) in [5.41, 5.74) is 1.32. The number of aromatic nitrogens is 1. The third-order valence-electron chi connectivity index (χ3n) is 4.24. The van der Waals surface area contributed by atoms with Crippen LogP contribution < -0.4 is 15.4 Å². The van der Waals surface area contributed by atoms with Crippen LogP contribution in [0.5, 0.6) is 5.75 Å².